The second kappa shape index (κ2) is 7.75. The second-order valence-electron chi connectivity index (χ2n) is 7.88. The smallest absolute Gasteiger partial charge is 0.263 e. The topological polar surface area (TPSA) is 114 Å². The van der Waals surface area contributed by atoms with E-state index in [1.165, 1.54) is 0 Å². The first-order chi connectivity index (χ1) is 15.0. The summed E-state index contributed by atoms with van der Waals surface area (Å²) in [5.74, 6) is -1.07. The third kappa shape index (κ3) is 3.55. The van der Waals surface area contributed by atoms with E-state index in [0.717, 1.165) is 55.4 Å². The predicted octanol–water partition coefficient (Wildman–Crippen LogP) is 1.01. The van der Waals surface area contributed by atoms with Crippen molar-refractivity contribution in [3.05, 3.63) is 42.2 Å². The number of amides is 1. The molecular weight excluding hydrogens is 403 g/mol. The summed E-state index contributed by atoms with van der Waals surface area (Å²) < 4.78 is 19.9. The molecule has 5 heterocycles. The van der Waals surface area contributed by atoms with Gasteiger partial charge >= 0.3 is 0 Å². The van der Waals surface area contributed by atoms with Crippen molar-refractivity contribution < 1.29 is 13.9 Å². The quantitative estimate of drug-likeness (QED) is 0.635. The van der Waals surface area contributed by atoms with Crippen LogP contribution in [-0.4, -0.2) is 75.3 Å². The Morgan fingerprint density at radius 1 is 1.32 bits per heavy atom. The molecule has 1 amide bonds. The predicted molar refractivity (Wildman–Crippen MR) is 113 cm³/mol. The minimum Gasteiger partial charge on any atom is -0.381 e. The number of nitrogen functional groups attached to an aromatic ring is 1. The van der Waals surface area contributed by atoms with Crippen molar-refractivity contribution in [1.82, 2.24) is 24.5 Å². The van der Waals surface area contributed by atoms with E-state index in [1.807, 2.05) is 6.07 Å². The average molecular weight is 426 g/mol. The third-order valence-corrected chi connectivity index (χ3v) is 5.85. The highest BCUT2D eigenvalue weighted by Crippen LogP contribution is 2.30. The fourth-order valence-corrected chi connectivity index (χ4v) is 4.18. The van der Waals surface area contributed by atoms with Crippen LogP contribution in [0.15, 0.2) is 30.9 Å². The zero-order chi connectivity index (χ0) is 21.5. The molecule has 0 aliphatic carbocycles. The lowest BCUT2D eigenvalue weighted by atomic mass is 10.1. The Hall–Kier alpha value is -3.31. The lowest BCUT2D eigenvalue weighted by Gasteiger charge is -2.46. The molecule has 2 aliphatic rings. The van der Waals surface area contributed by atoms with Crippen molar-refractivity contribution in [2.24, 2.45) is 0 Å². The molecule has 2 aliphatic heterocycles. The first kappa shape index (κ1) is 19.6. The summed E-state index contributed by atoms with van der Waals surface area (Å²) in [5.41, 5.74) is 7.66. The van der Waals surface area contributed by atoms with Crippen LogP contribution in [0, 0.1) is 5.82 Å². The fourth-order valence-electron chi connectivity index (χ4n) is 4.18. The van der Waals surface area contributed by atoms with Gasteiger partial charge in [0.15, 0.2) is 17.3 Å². The molecule has 31 heavy (non-hydrogen) atoms. The first-order valence-corrected chi connectivity index (χ1v) is 10.1. The maximum Gasteiger partial charge on any atom is 0.263 e. The maximum atomic E-state index is 13.4. The highest BCUT2D eigenvalue weighted by Gasteiger charge is 2.33. The van der Waals surface area contributed by atoms with Gasteiger partial charge in [0.2, 0.25) is 0 Å². The van der Waals surface area contributed by atoms with E-state index >= 15 is 0 Å². The summed E-state index contributed by atoms with van der Waals surface area (Å²) in [7, 11) is 0. The molecule has 10 nitrogen and oxygen atoms in total. The van der Waals surface area contributed by atoms with Gasteiger partial charge in [-0.25, -0.2) is 13.9 Å². The molecule has 1 atom stereocenters. The minimum atomic E-state index is -0.571. The van der Waals surface area contributed by atoms with Crippen molar-refractivity contribution in [1.29, 1.82) is 0 Å². The normalized spacial score (nSPS) is 20.1. The highest BCUT2D eigenvalue weighted by molar-refractivity contribution is 6.12. The summed E-state index contributed by atoms with van der Waals surface area (Å²) in [6, 6.07) is 2.64. The van der Waals surface area contributed by atoms with Crippen molar-refractivity contribution in [2.45, 2.75) is 19.0 Å². The van der Waals surface area contributed by atoms with Crippen LogP contribution in [0.2, 0.25) is 0 Å². The molecule has 0 unspecified atom stereocenters. The van der Waals surface area contributed by atoms with Gasteiger partial charge in [-0.2, -0.15) is 0 Å². The van der Waals surface area contributed by atoms with Crippen LogP contribution in [0.5, 0.6) is 0 Å². The number of ether oxygens (including phenoxy) is 1. The van der Waals surface area contributed by atoms with E-state index in [0.29, 0.717) is 11.7 Å². The lowest BCUT2D eigenvalue weighted by molar-refractivity contribution is -0.0691. The molecule has 11 heteroatoms. The van der Waals surface area contributed by atoms with Gasteiger partial charge < -0.3 is 20.7 Å². The van der Waals surface area contributed by atoms with E-state index in [9.17, 15) is 9.18 Å². The number of rotatable bonds is 4. The molecule has 5 rings (SSSR count). The highest BCUT2D eigenvalue weighted by atomic mass is 19.1. The fraction of sp³-hybridized carbons (Fsp3) is 0.400. The molecule has 3 aromatic rings. The Morgan fingerprint density at radius 2 is 2.16 bits per heavy atom. The second-order valence-corrected chi connectivity index (χ2v) is 7.88. The number of hydrogen-bond acceptors (Lipinski definition) is 8. The summed E-state index contributed by atoms with van der Waals surface area (Å²) >= 11 is 0. The van der Waals surface area contributed by atoms with Crippen molar-refractivity contribution in [2.75, 3.05) is 48.8 Å². The minimum absolute atomic E-state index is 0.0225. The van der Waals surface area contributed by atoms with Gasteiger partial charge in [0.05, 0.1) is 49.2 Å². The number of nitrogens with two attached hydrogens (primary N) is 1. The number of carbonyl (C=O) groups is 1. The monoisotopic (exact) mass is 426 g/mol. The molecular formula is C20H23FN8O2. The van der Waals surface area contributed by atoms with Crippen molar-refractivity contribution in [3.63, 3.8) is 0 Å². The van der Waals surface area contributed by atoms with Crippen molar-refractivity contribution >= 4 is 28.7 Å². The summed E-state index contributed by atoms with van der Waals surface area (Å²) in [5, 5.41) is 6.88. The van der Waals surface area contributed by atoms with E-state index in [1.54, 1.807) is 12.4 Å². The maximum absolute atomic E-state index is 13.4. The third-order valence-electron chi connectivity index (χ3n) is 5.85. The number of pyridine rings is 1. The molecule has 2 saturated heterocycles. The molecule has 0 saturated carbocycles. The van der Waals surface area contributed by atoms with Gasteiger partial charge in [-0.15, -0.1) is 5.10 Å². The van der Waals surface area contributed by atoms with Gasteiger partial charge in [0.1, 0.15) is 5.56 Å². The van der Waals surface area contributed by atoms with Crippen LogP contribution >= 0.6 is 0 Å². The number of halogens is 1. The Kier molecular flexibility index (Phi) is 4.91. The summed E-state index contributed by atoms with van der Waals surface area (Å²) in [4.78, 5) is 25.9. The summed E-state index contributed by atoms with van der Waals surface area (Å²) in [6.07, 6.45) is 5.47. The van der Waals surface area contributed by atoms with E-state index in [-0.39, 0.29) is 23.1 Å². The van der Waals surface area contributed by atoms with E-state index < -0.39 is 11.7 Å². The number of anilines is 3. The first-order valence-electron chi connectivity index (χ1n) is 10.1. The Morgan fingerprint density at radius 3 is 2.90 bits per heavy atom. The molecule has 162 valence electrons. The molecule has 0 radical (unpaired) electrons. The van der Waals surface area contributed by atoms with Crippen LogP contribution in [0.1, 0.15) is 17.3 Å². The zero-order valence-corrected chi connectivity index (χ0v) is 17.0. The number of fused-ring (bicyclic) bond motifs is 1. The van der Waals surface area contributed by atoms with Crippen LogP contribution in [0.25, 0.3) is 5.65 Å². The van der Waals surface area contributed by atoms with Crippen LogP contribution in [0.3, 0.4) is 0 Å². The van der Waals surface area contributed by atoms with Crippen LogP contribution in [0.4, 0.5) is 21.6 Å². The number of carbonyl (C=O) groups excluding carboxylic acids is 1. The lowest BCUT2D eigenvalue weighted by Crippen LogP contribution is -2.59. The van der Waals surface area contributed by atoms with Gasteiger partial charge in [0, 0.05) is 31.9 Å². The number of nitrogens with one attached hydrogen (secondary N) is 1. The Labute approximate surface area is 177 Å². The molecule has 0 spiro atoms. The van der Waals surface area contributed by atoms with Crippen LogP contribution < -0.4 is 16.0 Å². The zero-order valence-electron chi connectivity index (χ0n) is 17.0. The SMILES string of the molecule is C[C@@H]1CN(C2COC2)CCN1c1ccncc1NC(=O)c1c(N)nn2cc(F)cnc12. The van der Waals surface area contributed by atoms with Gasteiger partial charge in [-0.1, -0.05) is 0 Å². The molecule has 2 fully saturated rings. The van der Waals surface area contributed by atoms with E-state index in [4.69, 9.17) is 10.5 Å². The summed E-state index contributed by atoms with van der Waals surface area (Å²) in [6.45, 7) is 6.42. The molecule has 0 bridgehead atoms. The average Bonchev–Trinajstić information content (AvgIpc) is 3.02. The standard InChI is InChI=1S/C20H23FN8O2/c1-12-8-27(14-10-31-11-14)4-5-28(12)16-2-3-23-7-15(16)25-20(30)17-18(22)26-29-9-13(21)6-24-19(17)29/h2-3,6-7,9,12,14H,4-5,8,10-11H2,1H3,(H2,22,26)(H,25,30)/t12-/m1/s1. The van der Waals surface area contributed by atoms with Gasteiger partial charge in [-0.3, -0.25) is 14.7 Å². The number of aromatic nitrogens is 4. The Balaban J connectivity index is 1.39. The van der Waals surface area contributed by atoms with Crippen molar-refractivity contribution in [3.8, 4) is 0 Å². The van der Waals surface area contributed by atoms with E-state index in [2.05, 4.69) is 37.1 Å². The number of hydrogen-bond donors (Lipinski definition) is 2. The van der Waals surface area contributed by atoms with Gasteiger partial charge in [0.25, 0.3) is 5.91 Å². The van der Waals surface area contributed by atoms with Crippen LogP contribution in [-0.2, 0) is 4.74 Å². The number of piperazine rings is 1. The largest absolute Gasteiger partial charge is 0.381 e. The molecule has 3 aromatic heterocycles. The Bertz CT molecular complexity index is 1130. The van der Waals surface area contributed by atoms with Gasteiger partial charge in [-0.05, 0) is 13.0 Å². The number of nitrogens with zero attached hydrogens (tertiary/aromatic N) is 6. The molecule has 0 aromatic carbocycles. The molecule has 3 N–H and O–H groups in total.